The van der Waals surface area contributed by atoms with Gasteiger partial charge < -0.3 is 10.3 Å². The summed E-state index contributed by atoms with van der Waals surface area (Å²) in [7, 11) is 1.76. The van der Waals surface area contributed by atoms with Crippen molar-refractivity contribution in [3.63, 3.8) is 0 Å². The number of carbonyl (C=O) groups is 1. The van der Waals surface area contributed by atoms with Gasteiger partial charge in [-0.15, -0.1) is 0 Å². The zero-order chi connectivity index (χ0) is 26.8. The molecule has 0 bridgehead atoms. The molecule has 5 heterocycles. The van der Waals surface area contributed by atoms with Crippen LogP contribution in [0.3, 0.4) is 0 Å². The summed E-state index contributed by atoms with van der Waals surface area (Å²) < 4.78 is 17.3. The molecule has 6 rings (SSSR count). The monoisotopic (exact) mass is 533 g/mol. The number of aromatic amines is 1. The highest BCUT2D eigenvalue weighted by Crippen LogP contribution is 2.85. The molecule has 0 aromatic carbocycles. The lowest BCUT2D eigenvalue weighted by molar-refractivity contribution is -0.770. The Hall–Kier alpha value is -3.17. The topological polar surface area (TPSA) is 83.6 Å². The van der Waals surface area contributed by atoms with Crippen molar-refractivity contribution in [2.75, 3.05) is 18.9 Å². The van der Waals surface area contributed by atoms with Gasteiger partial charge in [-0.1, -0.05) is 18.7 Å². The van der Waals surface area contributed by atoms with Crippen LogP contribution in [-0.2, 0) is 0 Å². The van der Waals surface area contributed by atoms with Crippen LogP contribution in [-0.4, -0.2) is 66.2 Å². The Labute approximate surface area is 224 Å². The van der Waals surface area contributed by atoms with Crippen LogP contribution in [0.4, 0.5) is 10.3 Å². The summed E-state index contributed by atoms with van der Waals surface area (Å²) in [4.78, 5) is 29.8. The molecule has 2 aliphatic heterocycles. The van der Waals surface area contributed by atoms with Crippen molar-refractivity contribution in [2.45, 2.75) is 50.2 Å². The molecule has 2 spiro atoms. The maximum absolute atomic E-state index is 16.2. The minimum Gasteiger partial charge on any atom is -0.357 e. The summed E-state index contributed by atoms with van der Waals surface area (Å²) in [6, 6.07) is 2.45. The third-order valence-corrected chi connectivity index (χ3v) is 12.1. The highest BCUT2D eigenvalue weighted by Gasteiger charge is 2.90. The number of quaternary nitrogens is 1. The summed E-state index contributed by atoms with van der Waals surface area (Å²) in [5.41, 5.74) is 2.47. The second kappa shape index (κ2) is 8.95. The Morgan fingerprint density at radius 2 is 2.05 bits per heavy atom. The Morgan fingerprint density at radius 1 is 1.32 bits per heavy atom. The number of H-pyrrole nitrogens is 1. The standard InChI is InChI=1S/C29H33FN6OS/c1-6-8-21(24-12-29(24)36(38(29)5)10-7-9-17(36)2)25(30)18(3)26(37)23-16-33-27-22(23)11-19(13-32-27)20-14-34-28(31-4)35-15-20/h6,8,11,13-17,21,24-25H,3,5,7,9-10,12H2,1-2,4H3,(H-,31,32,33,34,35,37)/p+1. The summed E-state index contributed by atoms with van der Waals surface area (Å²) in [5.74, 6) is 4.48. The molecular formula is C29H34FN6OS+. The van der Waals surface area contributed by atoms with E-state index in [0.29, 0.717) is 28.6 Å². The summed E-state index contributed by atoms with van der Waals surface area (Å²) in [5, 5.41) is 3.52. The van der Waals surface area contributed by atoms with Crippen LogP contribution < -0.4 is 5.32 Å². The molecule has 198 valence electrons. The summed E-state index contributed by atoms with van der Waals surface area (Å²) in [6.45, 7) is 9.37. The van der Waals surface area contributed by atoms with E-state index in [1.807, 2.05) is 25.1 Å². The molecule has 1 aliphatic carbocycles. The minimum atomic E-state index is -1.46. The SMILES string of the molecule is C=C(C(=O)c1c[nH]c2ncc(-c3cnc(NC)nc3)cc12)C(F)C(C=CC)C1CC12S(=C)[N+]21CCCC1C. The van der Waals surface area contributed by atoms with E-state index in [1.54, 1.807) is 31.8 Å². The van der Waals surface area contributed by atoms with Crippen LogP contribution in [0.5, 0.6) is 0 Å². The van der Waals surface area contributed by atoms with Gasteiger partial charge in [0.15, 0.2) is 5.78 Å². The first-order valence-corrected chi connectivity index (χ1v) is 14.6. The predicted octanol–water partition coefficient (Wildman–Crippen LogP) is 5.68. The average molecular weight is 534 g/mol. The van der Waals surface area contributed by atoms with E-state index in [4.69, 9.17) is 0 Å². The number of nitrogens with zero attached hydrogens (tertiary/aromatic N) is 4. The van der Waals surface area contributed by atoms with Crippen molar-refractivity contribution in [2.24, 2.45) is 11.8 Å². The molecule has 38 heavy (non-hydrogen) atoms. The Balaban J connectivity index is 1.26. The number of aromatic nitrogens is 4. The third kappa shape index (κ3) is 3.41. The number of rotatable bonds is 8. The lowest BCUT2D eigenvalue weighted by atomic mass is 9.88. The van der Waals surface area contributed by atoms with Crippen LogP contribution in [0.25, 0.3) is 22.2 Å². The molecule has 1 saturated carbocycles. The fourth-order valence-electron chi connectivity index (χ4n) is 6.94. The van der Waals surface area contributed by atoms with E-state index in [-0.39, 0.29) is 32.9 Å². The lowest BCUT2D eigenvalue weighted by Crippen LogP contribution is -2.34. The van der Waals surface area contributed by atoms with Crippen LogP contribution in [0.2, 0.25) is 0 Å². The first-order valence-electron chi connectivity index (χ1n) is 13.2. The van der Waals surface area contributed by atoms with Gasteiger partial charge in [-0.25, -0.2) is 23.2 Å². The van der Waals surface area contributed by atoms with E-state index in [0.717, 1.165) is 28.0 Å². The van der Waals surface area contributed by atoms with Crippen molar-refractivity contribution in [1.29, 1.82) is 0 Å². The highest BCUT2D eigenvalue weighted by molar-refractivity contribution is 8.15. The van der Waals surface area contributed by atoms with Crippen molar-refractivity contribution in [3.8, 4) is 11.1 Å². The molecule has 3 aliphatic rings. The quantitative estimate of drug-likeness (QED) is 0.0973. The molecule has 7 atom stereocenters. The van der Waals surface area contributed by atoms with E-state index in [9.17, 15) is 4.79 Å². The van der Waals surface area contributed by atoms with Crippen molar-refractivity contribution in [1.82, 2.24) is 19.9 Å². The highest BCUT2D eigenvalue weighted by atomic mass is 32.2. The number of hydrogen-bond acceptors (Lipinski definition) is 5. The zero-order valence-electron chi connectivity index (χ0n) is 22.1. The summed E-state index contributed by atoms with van der Waals surface area (Å²) >= 11 is 0. The number of nitrogens with one attached hydrogen (secondary N) is 2. The maximum Gasteiger partial charge on any atom is 0.222 e. The Kier molecular flexibility index (Phi) is 5.92. The number of anilines is 1. The molecule has 2 N–H and O–H groups in total. The van der Waals surface area contributed by atoms with Gasteiger partial charge in [0.25, 0.3) is 0 Å². The first-order chi connectivity index (χ1) is 18.3. The zero-order valence-corrected chi connectivity index (χ0v) is 22.9. The van der Waals surface area contributed by atoms with Crippen molar-refractivity contribution in [3.05, 3.63) is 60.7 Å². The number of fused-ring (bicyclic) bond motifs is 2. The third-order valence-electron chi connectivity index (χ3n) is 8.99. The molecule has 9 heteroatoms. The number of halogens is 1. The second-order valence-corrected chi connectivity index (χ2v) is 12.8. The van der Waals surface area contributed by atoms with Crippen LogP contribution in [0, 0.1) is 11.8 Å². The molecule has 0 amide bonds. The van der Waals surface area contributed by atoms with Crippen LogP contribution >= 0.6 is 10.7 Å². The number of hydrogen-bond donors (Lipinski definition) is 2. The lowest BCUT2D eigenvalue weighted by Gasteiger charge is -2.21. The Bertz CT molecular complexity index is 1500. The van der Waals surface area contributed by atoms with E-state index in [1.165, 1.54) is 12.8 Å². The molecule has 2 saturated heterocycles. The van der Waals surface area contributed by atoms with Crippen molar-refractivity contribution < 1.29 is 13.1 Å². The van der Waals surface area contributed by atoms with Gasteiger partial charge in [0, 0.05) is 90.6 Å². The Morgan fingerprint density at radius 3 is 2.71 bits per heavy atom. The molecule has 3 fully saturated rings. The number of alkyl halides is 1. The average Bonchev–Trinajstić information content (AvgIpc) is 3.61. The number of pyridine rings is 1. The first kappa shape index (κ1) is 25.1. The summed E-state index contributed by atoms with van der Waals surface area (Å²) in [6.07, 6.45) is 12.5. The van der Waals surface area contributed by atoms with E-state index >= 15 is 4.39 Å². The van der Waals surface area contributed by atoms with E-state index < -0.39 is 12.0 Å². The second-order valence-electron chi connectivity index (χ2n) is 10.8. The van der Waals surface area contributed by atoms with Crippen molar-refractivity contribution >= 4 is 39.3 Å². The molecule has 3 aromatic heterocycles. The maximum atomic E-state index is 16.2. The van der Waals surface area contributed by atoms with E-state index in [2.05, 4.69) is 44.6 Å². The number of Topliss-reactive ketones (excluding diaryl/α,β-unsaturated/α-hetero) is 1. The smallest absolute Gasteiger partial charge is 0.222 e. The van der Waals surface area contributed by atoms with Gasteiger partial charge in [0.2, 0.25) is 10.8 Å². The van der Waals surface area contributed by atoms with Gasteiger partial charge in [0.05, 0.1) is 23.3 Å². The van der Waals surface area contributed by atoms with Crippen LogP contribution in [0.15, 0.2) is 55.2 Å². The van der Waals surface area contributed by atoms with Gasteiger partial charge in [0.1, 0.15) is 11.8 Å². The van der Waals surface area contributed by atoms with Gasteiger partial charge in [-0.3, -0.25) is 4.79 Å². The fraction of sp³-hybridized carbons (Fsp3) is 0.414. The molecule has 3 aromatic rings. The number of ketones is 1. The number of carbonyl (C=O) groups excluding carboxylic acids is 1. The molecule has 7 nitrogen and oxygen atoms in total. The fourth-order valence-corrected chi connectivity index (χ4v) is 10.3. The molecule has 0 radical (unpaired) electrons. The number of allylic oxidation sites excluding steroid dienone is 3. The van der Waals surface area contributed by atoms with Gasteiger partial charge >= 0.3 is 0 Å². The minimum absolute atomic E-state index is 0.00452. The van der Waals surface area contributed by atoms with Crippen LogP contribution in [0.1, 0.15) is 43.5 Å². The molecular weight excluding hydrogens is 499 g/mol. The van der Waals surface area contributed by atoms with Gasteiger partial charge in [-0.2, -0.15) is 0 Å². The van der Waals surface area contributed by atoms with Gasteiger partial charge in [-0.05, 0) is 25.8 Å². The molecule has 7 unspecified atom stereocenters. The predicted molar refractivity (Wildman–Crippen MR) is 153 cm³/mol. The normalized spacial score (nSPS) is 31.2. The largest absolute Gasteiger partial charge is 0.357 e.